The van der Waals surface area contributed by atoms with E-state index in [1.807, 2.05) is 73.6 Å². The predicted octanol–water partition coefficient (Wildman–Crippen LogP) is 4.63. The van der Waals surface area contributed by atoms with E-state index < -0.39 is 0 Å². The Balaban J connectivity index is 1.68. The van der Waals surface area contributed by atoms with Crippen LogP contribution in [0.2, 0.25) is 0 Å². The normalized spacial score (nSPS) is 15.7. The Morgan fingerprint density at radius 2 is 1.81 bits per heavy atom. The third-order valence-electron chi connectivity index (χ3n) is 3.87. The van der Waals surface area contributed by atoms with Gasteiger partial charge < -0.3 is 10.2 Å². The Bertz CT molecular complexity index is 848. The molecule has 134 valence electrons. The zero-order chi connectivity index (χ0) is 18.7. The highest BCUT2D eigenvalue weighted by Crippen LogP contribution is 2.32. The SMILES string of the molecule is CN(C)c1ccc(C=C2SC(=S)N(CNc3ccc(I)cc3)C2=O)cc1. The largest absolute Gasteiger partial charge is 0.378 e. The van der Waals surface area contributed by atoms with Crippen LogP contribution in [0.3, 0.4) is 0 Å². The van der Waals surface area contributed by atoms with Crippen LogP contribution in [0, 0.1) is 3.57 Å². The molecule has 1 aliphatic heterocycles. The fraction of sp³-hybridized carbons (Fsp3) is 0.158. The van der Waals surface area contributed by atoms with Gasteiger partial charge in [-0.2, -0.15) is 0 Å². The maximum absolute atomic E-state index is 12.7. The first kappa shape index (κ1) is 19.2. The third kappa shape index (κ3) is 4.57. The topological polar surface area (TPSA) is 35.6 Å². The van der Waals surface area contributed by atoms with Crippen molar-refractivity contribution >= 4 is 74.2 Å². The average Bonchev–Trinajstić information content (AvgIpc) is 2.88. The van der Waals surface area contributed by atoms with Crippen LogP contribution < -0.4 is 10.2 Å². The lowest BCUT2D eigenvalue weighted by Crippen LogP contribution is -2.33. The molecule has 0 unspecified atom stereocenters. The van der Waals surface area contributed by atoms with Gasteiger partial charge in [0.05, 0.1) is 11.6 Å². The van der Waals surface area contributed by atoms with Crippen LogP contribution >= 0.6 is 46.6 Å². The number of hydrogen-bond donors (Lipinski definition) is 1. The summed E-state index contributed by atoms with van der Waals surface area (Å²) in [6.45, 7) is 0.363. The molecule has 1 saturated heterocycles. The Morgan fingerprint density at radius 1 is 1.15 bits per heavy atom. The Labute approximate surface area is 176 Å². The highest BCUT2D eigenvalue weighted by atomic mass is 127. The molecule has 4 nitrogen and oxygen atoms in total. The summed E-state index contributed by atoms with van der Waals surface area (Å²) in [6, 6.07) is 16.1. The predicted molar refractivity (Wildman–Crippen MR) is 123 cm³/mol. The van der Waals surface area contributed by atoms with Gasteiger partial charge in [-0.3, -0.25) is 9.69 Å². The number of thiocarbonyl (C=S) groups is 1. The molecule has 0 atom stereocenters. The van der Waals surface area contributed by atoms with E-state index in [9.17, 15) is 4.79 Å². The van der Waals surface area contributed by atoms with Crippen molar-refractivity contribution in [2.45, 2.75) is 0 Å². The van der Waals surface area contributed by atoms with Crippen LogP contribution in [0.15, 0.2) is 53.4 Å². The van der Waals surface area contributed by atoms with Crippen molar-refractivity contribution < 1.29 is 4.79 Å². The number of halogens is 1. The maximum Gasteiger partial charge on any atom is 0.267 e. The molecule has 0 spiro atoms. The second-order valence-corrected chi connectivity index (χ2v) is 8.86. The van der Waals surface area contributed by atoms with Gasteiger partial charge in [-0.05, 0) is 70.6 Å². The lowest BCUT2D eigenvalue weighted by atomic mass is 10.2. The van der Waals surface area contributed by atoms with Gasteiger partial charge in [0, 0.05) is 29.0 Å². The summed E-state index contributed by atoms with van der Waals surface area (Å²) in [7, 11) is 4.00. The molecule has 0 saturated carbocycles. The summed E-state index contributed by atoms with van der Waals surface area (Å²) in [5, 5.41) is 3.25. The number of carbonyl (C=O) groups excluding carboxylic acids is 1. The van der Waals surface area contributed by atoms with Crippen molar-refractivity contribution in [2.75, 3.05) is 31.0 Å². The van der Waals surface area contributed by atoms with Gasteiger partial charge >= 0.3 is 0 Å². The fourth-order valence-electron chi connectivity index (χ4n) is 2.39. The van der Waals surface area contributed by atoms with Crippen LogP contribution in [0.5, 0.6) is 0 Å². The smallest absolute Gasteiger partial charge is 0.267 e. The zero-order valence-corrected chi connectivity index (χ0v) is 18.2. The molecule has 7 heteroatoms. The minimum Gasteiger partial charge on any atom is -0.378 e. The molecule has 1 fully saturated rings. The van der Waals surface area contributed by atoms with E-state index in [-0.39, 0.29) is 5.91 Å². The fourth-order valence-corrected chi connectivity index (χ4v) is 4.01. The molecule has 1 N–H and O–H groups in total. The zero-order valence-electron chi connectivity index (χ0n) is 14.4. The first-order chi connectivity index (χ1) is 12.4. The second-order valence-electron chi connectivity index (χ2n) is 5.94. The van der Waals surface area contributed by atoms with Crippen LogP contribution in [0.4, 0.5) is 11.4 Å². The molecular weight excluding hydrogens is 477 g/mol. The standard InChI is InChI=1S/C19H18IN3OS2/c1-22(2)16-9-3-13(4-10-16)11-17-18(24)23(19(25)26-17)12-21-15-7-5-14(20)6-8-15/h3-11,21H,12H2,1-2H3. The molecule has 0 bridgehead atoms. The minimum atomic E-state index is -0.0605. The molecule has 0 radical (unpaired) electrons. The Morgan fingerprint density at radius 3 is 2.42 bits per heavy atom. The van der Waals surface area contributed by atoms with Crippen molar-refractivity contribution in [3.8, 4) is 0 Å². The Hall–Kier alpha value is -1.58. The van der Waals surface area contributed by atoms with Gasteiger partial charge in [0.15, 0.2) is 0 Å². The number of anilines is 2. The van der Waals surface area contributed by atoms with Gasteiger partial charge in [-0.1, -0.05) is 36.1 Å². The van der Waals surface area contributed by atoms with Gasteiger partial charge in [0.1, 0.15) is 4.32 Å². The van der Waals surface area contributed by atoms with E-state index in [1.165, 1.54) is 15.3 Å². The van der Waals surface area contributed by atoms with Crippen molar-refractivity contribution in [1.82, 2.24) is 4.90 Å². The summed E-state index contributed by atoms with van der Waals surface area (Å²) >= 11 is 8.98. The van der Waals surface area contributed by atoms with Gasteiger partial charge in [-0.25, -0.2) is 0 Å². The third-order valence-corrected chi connectivity index (χ3v) is 5.96. The van der Waals surface area contributed by atoms with Crippen molar-refractivity contribution in [3.05, 3.63) is 62.6 Å². The number of rotatable bonds is 5. The molecular formula is C19H18IN3OS2. The lowest BCUT2D eigenvalue weighted by molar-refractivity contribution is -0.121. The number of carbonyl (C=O) groups is 1. The summed E-state index contributed by atoms with van der Waals surface area (Å²) in [6.07, 6.45) is 1.89. The average molecular weight is 495 g/mol. The number of thioether (sulfide) groups is 1. The van der Waals surface area contributed by atoms with Crippen molar-refractivity contribution in [3.63, 3.8) is 0 Å². The molecule has 1 heterocycles. The molecule has 0 aromatic heterocycles. The van der Waals surface area contributed by atoms with E-state index in [0.29, 0.717) is 15.9 Å². The molecule has 1 aliphatic rings. The second kappa shape index (κ2) is 8.41. The first-order valence-corrected chi connectivity index (χ1v) is 10.3. The number of nitrogens with zero attached hydrogens (tertiary/aromatic N) is 2. The van der Waals surface area contributed by atoms with E-state index in [2.05, 4.69) is 27.9 Å². The number of benzene rings is 2. The molecule has 3 rings (SSSR count). The first-order valence-electron chi connectivity index (χ1n) is 7.96. The van der Waals surface area contributed by atoms with Crippen LogP contribution in [-0.4, -0.2) is 35.9 Å². The van der Waals surface area contributed by atoms with Gasteiger partial charge in [-0.15, -0.1) is 0 Å². The van der Waals surface area contributed by atoms with Crippen molar-refractivity contribution in [1.29, 1.82) is 0 Å². The summed E-state index contributed by atoms with van der Waals surface area (Å²) in [4.78, 5) is 17.0. The highest BCUT2D eigenvalue weighted by Gasteiger charge is 2.31. The van der Waals surface area contributed by atoms with Crippen LogP contribution in [0.25, 0.3) is 6.08 Å². The van der Waals surface area contributed by atoms with Gasteiger partial charge in [0.2, 0.25) is 0 Å². The number of hydrogen-bond acceptors (Lipinski definition) is 5. The number of amides is 1. The van der Waals surface area contributed by atoms with Gasteiger partial charge in [0.25, 0.3) is 5.91 Å². The summed E-state index contributed by atoms with van der Waals surface area (Å²) in [5.41, 5.74) is 3.07. The maximum atomic E-state index is 12.7. The molecule has 2 aromatic carbocycles. The van der Waals surface area contributed by atoms with Crippen LogP contribution in [0.1, 0.15) is 5.56 Å². The summed E-state index contributed by atoms with van der Waals surface area (Å²) < 4.78 is 1.74. The van der Waals surface area contributed by atoms with E-state index in [0.717, 1.165) is 16.9 Å². The molecule has 26 heavy (non-hydrogen) atoms. The Kier molecular flexibility index (Phi) is 6.20. The summed E-state index contributed by atoms with van der Waals surface area (Å²) in [5.74, 6) is -0.0605. The van der Waals surface area contributed by atoms with Crippen LogP contribution in [-0.2, 0) is 4.79 Å². The quantitative estimate of drug-likeness (QED) is 0.372. The van der Waals surface area contributed by atoms with E-state index in [1.54, 1.807) is 4.90 Å². The highest BCUT2D eigenvalue weighted by molar-refractivity contribution is 14.1. The van der Waals surface area contributed by atoms with E-state index >= 15 is 0 Å². The van der Waals surface area contributed by atoms with E-state index in [4.69, 9.17) is 12.2 Å². The monoisotopic (exact) mass is 495 g/mol. The molecule has 1 amide bonds. The minimum absolute atomic E-state index is 0.0605. The molecule has 2 aromatic rings. The lowest BCUT2D eigenvalue weighted by Gasteiger charge is -2.16. The number of nitrogens with one attached hydrogen (secondary N) is 1. The molecule has 0 aliphatic carbocycles. The van der Waals surface area contributed by atoms with Crippen molar-refractivity contribution in [2.24, 2.45) is 0 Å².